The van der Waals surface area contributed by atoms with Gasteiger partial charge in [-0.25, -0.2) is 0 Å². The van der Waals surface area contributed by atoms with E-state index in [2.05, 4.69) is 6.92 Å². The van der Waals surface area contributed by atoms with E-state index in [4.69, 9.17) is 10.5 Å². The van der Waals surface area contributed by atoms with Crippen molar-refractivity contribution in [3.8, 4) is 0 Å². The van der Waals surface area contributed by atoms with Gasteiger partial charge < -0.3 is 15.4 Å². The zero-order chi connectivity index (χ0) is 12.5. The van der Waals surface area contributed by atoms with Gasteiger partial charge in [0.25, 0.3) is 0 Å². The average molecular weight is 242 g/mol. The largest absolute Gasteiger partial charge is 0.378 e. The first-order valence-electron chi connectivity index (χ1n) is 6.87. The third kappa shape index (κ3) is 5.50. The molecule has 1 unspecified atom stereocenters. The third-order valence-corrected chi connectivity index (χ3v) is 3.15. The van der Waals surface area contributed by atoms with Gasteiger partial charge in [0.05, 0.1) is 12.5 Å². The van der Waals surface area contributed by atoms with E-state index in [9.17, 15) is 4.79 Å². The zero-order valence-electron chi connectivity index (χ0n) is 11.0. The van der Waals surface area contributed by atoms with Crippen molar-refractivity contribution in [1.29, 1.82) is 0 Å². The van der Waals surface area contributed by atoms with E-state index in [0.29, 0.717) is 13.0 Å². The molecule has 0 aromatic carbocycles. The molecule has 1 amide bonds. The van der Waals surface area contributed by atoms with Crippen LogP contribution in [0.3, 0.4) is 0 Å². The molecule has 2 N–H and O–H groups in total. The van der Waals surface area contributed by atoms with Crippen molar-refractivity contribution < 1.29 is 9.53 Å². The molecule has 4 nitrogen and oxygen atoms in total. The molecule has 0 aliphatic carbocycles. The van der Waals surface area contributed by atoms with Gasteiger partial charge in [-0.05, 0) is 38.6 Å². The molecular formula is C13H26N2O2. The summed E-state index contributed by atoms with van der Waals surface area (Å²) in [6, 6.07) is 0. The van der Waals surface area contributed by atoms with E-state index in [-0.39, 0.29) is 12.0 Å². The molecule has 1 aliphatic rings. The number of rotatable bonds is 7. The fraction of sp³-hybridized carbons (Fsp3) is 0.923. The minimum absolute atomic E-state index is 0.147. The first-order chi connectivity index (χ1) is 8.27. The Balaban J connectivity index is 2.34. The van der Waals surface area contributed by atoms with Crippen molar-refractivity contribution in [3.05, 3.63) is 0 Å². The first-order valence-corrected chi connectivity index (χ1v) is 6.87. The fourth-order valence-corrected chi connectivity index (χ4v) is 2.21. The number of amides is 1. The second-order valence-electron chi connectivity index (χ2n) is 4.72. The highest BCUT2D eigenvalue weighted by atomic mass is 16.5. The Morgan fingerprint density at radius 2 is 2.24 bits per heavy atom. The highest BCUT2D eigenvalue weighted by Gasteiger charge is 2.20. The van der Waals surface area contributed by atoms with Gasteiger partial charge in [-0.1, -0.05) is 6.92 Å². The number of carbonyl (C=O) groups excluding carboxylic acids is 1. The zero-order valence-corrected chi connectivity index (χ0v) is 11.0. The van der Waals surface area contributed by atoms with E-state index in [1.54, 1.807) is 0 Å². The summed E-state index contributed by atoms with van der Waals surface area (Å²) in [6.45, 7) is 5.18. The Morgan fingerprint density at radius 1 is 1.41 bits per heavy atom. The number of carbonyl (C=O) groups is 1. The van der Waals surface area contributed by atoms with Crippen molar-refractivity contribution in [3.63, 3.8) is 0 Å². The molecule has 0 aromatic heterocycles. The maximum Gasteiger partial charge on any atom is 0.225 e. The summed E-state index contributed by atoms with van der Waals surface area (Å²) in [5.41, 5.74) is 5.49. The van der Waals surface area contributed by atoms with Crippen LogP contribution in [0.2, 0.25) is 0 Å². The molecule has 0 saturated carbocycles. The third-order valence-electron chi connectivity index (χ3n) is 3.15. The Morgan fingerprint density at radius 3 is 2.82 bits per heavy atom. The molecule has 1 saturated heterocycles. The van der Waals surface area contributed by atoms with E-state index in [0.717, 1.165) is 45.4 Å². The second kappa shape index (κ2) is 8.48. The number of nitrogens with zero attached hydrogens (tertiary/aromatic N) is 1. The maximum atomic E-state index is 12.1. The number of ether oxygens (including phenoxy) is 1. The van der Waals surface area contributed by atoms with Crippen LogP contribution in [-0.2, 0) is 9.53 Å². The van der Waals surface area contributed by atoms with Crippen LogP contribution in [0.4, 0.5) is 0 Å². The summed E-state index contributed by atoms with van der Waals surface area (Å²) < 4.78 is 5.61. The highest BCUT2D eigenvalue weighted by molar-refractivity contribution is 5.76. The van der Waals surface area contributed by atoms with Crippen LogP contribution >= 0.6 is 0 Å². The van der Waals surface area contributed by atoms with Crippen LogP contribution in [0.15, 0.2) is 0 Å². The predicted octanol–water partition coefficient (Wildman–Crippen LogP) is 1.53. The summed E-state index contributed by atoms with van der Waals surface area (Å²) in [7, 11) is 0. The predicted molar refractivity (Wildman–Crippen MR) is 68.8 cm³/mol. The van der Waals surface area contributed by atoms with Crippen LogP contribution in [0, 0.1) is 0 Å². The van der Waals surface area contributed by atoms with Gasteiger partial charge >= 0.3 is 0 Å². The molecule has 0 radical (unpaired) electrons. The molecule has 100 valence electrons. The molecule has 0 bridgehead atoms. The lowest BCUT2D eigenvalue weighted by molar-refractivity contribution is -0.135. The fourth-order valence-electron chi connectivity index (χ4n) is 2.21. The Kier molecular flexibility index (Phi) is 7.21. The minimum atomic E-state index is 0.147. The van der Waals surface area contributed by atoms with Gasteiger partial charge in [-0.2, -0.15) is 0 Å². The summed E-state index contributed by atoms with van der Waals surface area (Å²) in [5, 5.41) is 0. The topological polar surface area (TPSA) is 55.6 Å². The number of hydrogen-bond acceptors (Lipinski definition) is 3. The van der Waals surface area contributed by atoms with Gasteiger partial charge in [0, 0.05) is 19.7 Å². The van der Waals surface area contributed by atoms with Gasteiger partial charge in [0.1, 0.15) is 0 Å². The van der Waals surface area contributed by atoms with Crippen LogP contribution in [0.25, 0.3) is 0 Å². The quantitative estimate of drug-likeness (QED) is 0.736. The Labute approximate surface area is 104 Å². The van der Waals surface area contributed by atoms with Crippen molar-refractivity contribution in [1.82, 2.24) is 4.90 Å². The summed E-state index contributed by atoms with van der Waals surface area (Å²) in [6.07, 6.45) is 5.94. The van der Waals surface area contributed by atoms with Crippen LogP contribution in [0.5, 0.6) is 0 Å². The monoisotopic (exact) mass is 242 g/mol. The van der Waals surface area contributed by atoms with Gasteiger partial charge in [-0.15, -0.1) is 0 Å². The molecule has 17 heavy (non-hydrogen) atoms. The van der Waals surface area contributed by atoms with Gasteiger partial charge in [0.15, 0.2) is 0 Å². The molecular weight excluding hydrogens is 216 g/mol. The van der Waals surface area contributed by atoms with E-state index in [1.807, 2.05) is 4.90 Å². The Bertz CT molecular complexity index is 215. The molecule has 4 heteroatoms. The standard InChI is InChI=1S/C13H26N2O2/c1-2-8-15(9-5-7-14)13(16)11-12-6-3-4-10-17-12/h12H,2-11,14H2,1H3. The van der Waals surface area contributed by atoms with Gasteiger partial charge in [-0.3, -0.25) is 4.79 Å². The van der Waals surface area contributed by atoms with E-state index >= 15 is 0 Å². The normalized spacial score (nSPS) is 20.2. The number of hydrogen-bond donors (Lipinski definition) is 1. The van der Waals surface area contributed by atoms with Crippen molar-refractivity contribution in [2.45, 2.75) is 51.6 Å². The van der Waals surface area contributed by atoms with Crippen LogP contribution in [0.1, 0.15) is 45.4 Å². The SMILES string of the molecule is CCCN(CCCN)C(=O)CC1CCCCO1. The van der Waals surface area contributed by atoms with Crippen LogP contribution < -0.4 is 5.73 Å². The summed E-state index contributed by atoms with van der Waals surface area (Å²) in [4.78, 5) is 14.0. The molecule has 1 fully saturated rings. The molecule has 1 atom stereocenters. The Hall–Kier alpha value is -0.610. The molecule has 0 aromatic rings. The second-order valence-corrected chi connectivity index (χ2v) is 4.72. The van der Waals surface area contributed by atoms with Crippen LogP contribution in [-0.4, -0.2) is 43.2 Å². The maximum absolute atomic E-state index is 12.1. The molecule has 1 heterocycles. The average Bonchev–Trinajstić information content (AvgIpc) is 2.35. The lowest BCUT2D eigenvalue weighted by Gasteiger charge is -2.27. The smallest absolute Gasteiger partial charge is 0.225 e. The lowest BCUT2D eigenvalue weighted by Crippen LogP contribution is -2.36. The summed E-state index contributed by atoms with van der Waals surface area (Å²) in [5.74, 6) is 0.229. The highest BCUT2D eigenvalue weighted by Crippen LogP contribution is 2.16. The van der Waals surface area contributed by atoms with E-state index < -0.39 is 0 Å². The van der Waals surface area contributed by atoms with Crippen molar-refractivity contribution in [2.24, 2.45) is 5.73 Å². The van der Waals surface area contributed by atoms with Crippen molar-refractivity contribution in [2.75, 3.05) is 26.2 Å². The first kappa shape index (κ1) is 14.5. The van der Waals surface area contributed by atoms with Crippen molar-refractivity contribution >= 4 is 5.91 Å². The lowest BCUT2D eigenvalue weighted by atomic mass is 10.1. The van der Waals surface area contributed by atoms with Gasteiger partial charge in [0.2, 0.25) is 5.91 Å². The molecule has 0 spiro atoms. The molecule has 1 rings (SSSR count). The summed E-state index contributed by atoms with van der Waals surface area (Å²) >= 11 is 0. The molecule has 1 aliphatic heterocycles. The van der Waals surface area contributed by atoms with E-state index in [1.165, 1.54) is 6.42 Å². The number of nitrogens with two attached hydrogens (primary N) is 1. The minimum Gasteiger partial charge on any atom is -0.378 e.